The van der Waals surface area contributed by atoms with Crippen LogP contribution in [0.4, 0.5) is 4.39 Å². The molecule has 128 valence electrons. The highest BCUT2D eigenvalue weighted by atomic mass is 19.1. The quantitative estimate of drug-likeness (QED) is 0.683. The fourth-order valence-electron chi connectivity index (χ4n) is 3.20. The summed E-state index contributed by atoms with van der Waals surface area (Å²) in [5.41, 5.74) is 1.10. The van der Waals surface area contributed by atoms with Crippen molar-refractivity contribution in [3.8, 4) is 0 Å². The maximum absolute atomic E-state index is 14.4. The van der Waals surface area contributed by atoms with Crippen molar-refractivity contribution in [3.05, 3.63) is 35.9 Å². The molecule has 5 nitrogen and oxygen atoms in total. The number of hydrogen-bond acceptors (Lipinski definition) is 4. The van der Waals surface area contributed by atoms with Crippen molar-refractivity contribution in [3.63, 3.8) is 0 Å². The summed E-state index contributed by atoms with van der Waals surface area (Å²) in [6, 6.07) is 8.36. The van der Waals surface area contributed by atoms with Gasteiger partial charge in [0.2, 0.25) is 5.91 Å². The summed E-state index contributed by atoms with van der Waals surface area (Å²) in [6.07, 6.45) is -2.15. The summed E-state index contributed by atoms with van der Waals surface area (Å²) in [5.74, 6) is -0.240. The van der Waals surface area contributed by atoms with Crippen molar-refractivity contribution < 1.29 is 19.4 Å². The van der Waals surface area contributed by atoms with E-state index in [2.05, 4.69) is 5.32 Å². The zero-order valence-electron chi connectivity index (χ0n) is 13.4. The van der Waals surface area contributed by atoms with Crippen LogP contribution in [0.2, 0.25) is 0 Å². The van der Waals surface area contributed by atoms with Crippen LogP contribution in [0.15, 0.2) is 30.3 Å². The minimum absolute atomic E-state index is 0.0165. The van der Waals surface area contributed by atoms with Gasteiger partial charge >= 0.3 is 0 Å². The molecule has 1 aromatic rings. The number of likely N-dealkylation sites (tertiary alicyclic amines) is 1. The van der Waals surface area contributed by atoms with Gasteiger partial charge in [0.05, 0.1) is 18.7 Å². The molecule has 4 unspecified atom stereocenters. The van der Waals surface area contributed by atoms with Gasteiger partial charge in [-0.25, -0.2) is 4.39 Å². The molecule has 23 heavy (non-hydrogen) atoms. The number of carbonyl (C=O) groups excluding carboxylic acids is 1. The summed E-state index contributed by atoms with van der Waals surface area (Å²) in [6.45, 7) is 2.44. The molecule has 0 spiro atoms. The van der Waals surface area contributed by atoms with E-state index in [1.165, 1.54) is 0 Å². The second-order valence-corrected chi connectivity index (χ2v) is 5.88. The zero-order valence-corrected chi connectivity index (χ0v) is 13.4. The fraction of sp³-hybridized carbons (Fsp3) is 0.588. The predicted molar refractivity (Wildman–Crippen MR) is 85.7 cm³/mol. The molecule has 0 aliphatic carbocycles. The molecule has 0 bridgehead atoms. The van der Waals surface area contributed by atoms with Gasteiger partial charge in [-0.3, -0.25) is 9.69 Å². The van der Waals surface area contributed by atoms with Gasteiger partial charge in [-0.05, 0) is 18.9 Å². The smallest absolute Gasteiger partial charge is 0.221 e. The highest BCUT2D eigenvalue weighted by Gasteiger charge is 2.48. The van der Waals surface area contributed by atoms with E-state index >= 15 is 0 Å². The van der Waals surface area contributed by atoms with Crippen LogP contribution in [0.5, 0.6) is 0 Å². The third-order valence-electron chi connectivity index (χ3n) is 4.40. The number of alkyl halides is 1. The van der Waals surface area contributed by atoms with Gasteiger partial charge in [0.1, 0.15) is 12.3 Å². The maximum atomic E-state index is 14.4. The summed E-state index contributed by atoms with van der Waals surface area (Å²) in [5, 5.41) is 22.2. The Bertz CT molecular complexity index is 500. The molecular weight excluding hydrogens is 299 g/mol. The van der Waals surface area contributed by atoms with Crippen molar-refractivity contribution in [1.29, 1.82) is 0 Å². The monoisotopic (exact) mass is 324 g/mol. The summed E-state index contributed by atoms with van der Waals surface area (Å²) in [4.78, 5) is 13.6. The Labute approximate surface area is 136 Å². The molecule has 1 aliphatic heterocycles. The van der Waals surface area contributed by atoms with E-state index < -0.39 is 24.4 Å². The lowest BCUT2D eigenvalue weighted by molar-refractivity contribution is -0.122. The molecule has 1 saturated heterocycles. The number of amides is 1. The zero-order chi connectivity index (χ0) is 16.8. The molecule has 0 saturated carbocycles. The van der Waals surface area contributed by atoms with E-state index in [-0.39, 0.29) is 18.9 Å². The normalized spacial score (nSPS) is 28.0. The summed E-state index contributed by atoms with van der Waals surface area (Å²) >= 11 is 0. The summed E-state index contributed by atoms with van der Waals surface area (Å²) in [7, 11) is 0. The van der Waals surface area contributed by atoms with E-state index in [0.29, 0.717) is 19.5 Å². The Morgan fingerprint density at radius 1 is 1.30 bits per heavy atom. The van der Waals surface area contributed by atoms with E-state index in [0.717, 1.165) is 5.56 Å². The average molecular weight is 324 g/mol. The molecule has 0 aromatic heterocycles. The number of benzene rings is 1. The number of aliphatic hydroxyl groups is 2. The molecule has 1 heterocycles. The molecule has 1 aliphatic rings. The average Bonchev–Trinajstić information content (AvgIpc) is 2.78. The van der Waals surface area contributed by atoms with Crippen molar-refractivity contribution in [2.45, 2.75) is 44.1 Å². The maximum Gasteiger partial charge on any atom is 0.221 e. The Kier molecular flexibility index (Phi) is 6.50. The first-order valence-corrected chi connectivity index (χ1v) is 8.07. The number of carbonyl (C=O) groups is 1. The lowest BCUT2D eigenvalue weighted by Gasteiger charge is -2.29. The van der Waals surface area contributed by atoms with Crippen LogP contribution >= 0.6 is 0 Å². The van der Waals surface area contributed by atoms with Crippen molar-refractivity contribution in [2.24, 2.45) is 0 Å². The van der Waals surface area contributed by atoms with Gasteiger partial charge in [-0.2, -0.15) is 0 Å². The minimum atomic E-state index is -1.54. The standard InChI is InChI=1S/C17H25FN2O3/c1-2-19-15(22)10-13-16(18)17(23)14(11-21)20(13)9-8-12-6-4-3-5-7-12/h3-7,13-14,16-17,21,23H,2,8-11H2,1H3,(H,19,22). The third kappa shape index (κ3) is 4.28. The topological polar surface area (TPSA) is 72.8 Å². The SMILES string of the molecule is CCNC(=O)CC1C(F)C(O)C(CO)N1CCc1ccccc1. The number of rotatable bonds is 7. The Hall–Kier alpha value is -1.50. The molecule has 1 fully saturated rings. The van der Waals surface area contributed by atoms with Gasteiger partial charge in [-0.15, -0.1) is 0 Å². The fourth-order valence-corrected chi connectivity index (χ4v) is 3.20. The molecule has 2 rings (SSSR count). The number of nitrogens with one attached hydrogen (secondary N) is 1. The molecule has 1 aromatic carbocycles. The first-order chi connectivity index (χ1) is 11.1. The minimum Gasteiger partial charge on any atom is -0.395 e. The van der Waals surface area contributed by atoms with E-state index in [1.54, 1.807) is 11.8 Å². The van der Waals surface area contributed by atoms with E-state index in [1.807, 2.05) is 30.3 Å². The van der Waals surface area contributed by atoms with Crippen LogP contribution in [0, 0.1) is 0 Å². The van der Waals surface area contributed by atoms with Crippen LogP contribution in [0.1, 0.15) is 18.9 Å². The largest absolute Gasteiger partial charge is 0.395 e. The first-order valence-electron chi connectivity index (χ1n) is 8.07. The van der Waals surface area contributed by atoms with Crippen molar-refractivity contribution in [2.75, 3.05) is 19.7 Å². The van der Waals surface area contributed by atoms with Gasteiger partial charge < -0.3 is 15.5 Å². The van der Waals surface area contributed by atoms with Gasteiger partial charge in [0.25, 0.3) is 0 Å². The number of aliphatic hydroxyl groups excluding tert-OH is 2. The third-order valence-corrected chi connectivity index (χ3v) is 4.40. The van der Waals surface area contributed by atoms with Crippen molar-refractivity contribution >= 4 is 5.91 Å². The lowest BCUT2D eigenvalue weighted by atomic mass is 10.1. The van der Waals surface area contributed by atoms with Crippen LogP contribution < -0.4 is 5.32 Å². The number of hydrogen-bond donors (Lipinski definition) is 3. The summed E-state index contributed by atoms with van der Waals surface area (Å²) < 4.78 is 14.4. The Morgan fingerprint density at radius 3 is 2.61 bits per heavy atom. The predicted octanol–water partition coefficient (Wildman–Crippen LogP) is 0.499. The molecular formula is C17H25FN2O3. The second kappa shape index (κ2) is 8.38. The molecule has 1 amide bonds. The van der Waals surface area contributed by atoms with Crippen molar-refractivity contribution in [1.82, 2.24) is 10.2 Å². The van der Waals surface area contributed by atoms with Crippen LogP contribution in [0.25, 0.3) is 0 Å². The number of nitrogens with zero attached hydrogens (tertiary/aromatic N) is 1. The van der Waals surface area contributed by atoms with E-state index in [9.17, 15) is 19.4 Å². The van der Waals surface area contributed by atoms with Gasteiger partial charge in [0.15, 0.2) is 0 Å². The highest BCUT2D eigenvalue weighted by molar-refractivity contribution is 5.76. The second-order valence-electron chi connectivity index (χ2n) is 5.88. The Morgan fingerprint density at radius 2 is 2.00 bits per heavy atom. The van der Waals surface area contributed by atoms with E-state index in [4.69, 9.17) is 0 Å². The van der Waals surface area contributed by atoms with Crippen LogP contribution in [-0.4, -0.2) is 65.1 Å². The van der Waals surface area contributed by atoms with Crippen LogP contribution in [0.3, 0.4) is 0 Å². The highest BCUT2D eigenvalue weighted by Crippen LogP contribution is 2.30. The van der Waals surface area contributed by atoms with Crippen LogP contribution in [-0.2, 0) is 11.2 Å². The first kappa shape index (κ1) is 17.8. The lowest BCUT2D eigenvalue weighted by Crippen LogP contribution is -2.44. The molecule has 4 atom stereocenters. The van der Waals surface area contributed by atoms with Gasteiger partial charge in [0, 0.05) is 19.5 Å². The molecule has 3 N–H and O–H groups in total. The van der Waals surface area contributed by atoms with Gasteiger partial charge in [-0.1, -0.05) is 30.3 Å². The molecule has 0 radical (unpaired) electrons. The molecule has 6 heteroatoms. The Balaban J connectivity index is 2.07. The number of halogens is 1.